The fourth-order valence-corrected chi connectivity index (χ4v) is 1.46. The summed E-state index contributed by atoms with van der Waals surface area (Å²) >= 11 is 0. The fraction of sp³-hybridized carbons (Fsp3) is 0.429. The molecule has 0 spiro atoms. The van der Waals surface area contributed by atoms with Crippen molar-refractivity contribution in [2.45, 2.75) is 19.1 Å². The summed E-state index contributed by atoms with van der Waals surface area (Å²) in [6, 6.07) is 0. The monoisotopic (exact) mass is 216 g/mol. The van der Waals surface area contributed by atoms with Gasteiger partial charge in [-0.2, -0.15) is 4.83 Å². The predicted octanol–water partition coefficient (Wildman–Crippen LogP) is -0.361. The number of aromatic nitrogens is 2. The second-order valence-corrected chi connectivity index (χ2v) is 4.96. The minimum atomic E-state index is -3.56. The number of nitrogens with one attached hydrogen (secondary N) is 1. The average Bonchev–Trinajstić information content (AvgIpc) is 2.18. The van der Waals surface area contributed by atoms with Crippen molar-refractivity contribution in [2.75, 3.05) is 0 Å². The molecule has 1 heterocycles. The zero-order chi connectivity index (χ0) is 10.8. The molecule has 7 heteroatoms. The van der Waals surface area contributed by atoms with Crippen molar-refractivity contribution in [1.29, 1.82) is 0 Å². The van der Waals surface area contributed by atoms with Crippen LogP contribution in [0.3, 0.4) is 0 Å². The van der Waals surface area contributed by atoms with Crippen LogP contribution in [0, 0.1) is 6.92 Å². The van der Waals surface area contributed by atoms with Gasteiger partial charge in [-0.05, 0) is 19.4 Å². The summed E-state index contributed by atoms with van der Waals surface area (Å²) in [5.74, 6) is 5.11. The summed E-state index contributed by atoms with van der Waals surface area (Å²) in [6.45, 7) is 3.30. The van der Waals surface area contributed by atoms with Gasteiger partial charge < -0.3 is 0 Å². The maximum Gasteiger partial charge on any atom is 0.234 e. The van der Waals surface area contributed by atoms with Gasteiger partial charge in [0.25, 0.3) is 0 Å². The molecule has 0 radical (unpaired) electrons. The van der Waals surface area contributed by atoms with Crippen molar-refractivity contribution in [3.05, 3.63) is 23.8 Å². The molecule has 0 saturated carbocycles. The summed E-state index contributed by atoms with van der Waals surface area (Å²) in [4.78, 5) is 9.56. The number of hydrogen-bond donors (Lipinski definition) is 2. The molecule has 0 aliphatic heterocycles. The van der Waals surface area contributed by atoms with Gasteiger partial charge in [-0.15, -0.1) is 0 Å². The van der Waals surface area contributed by atoms with Crippen LogP contribution in [0.15, 0.2) is 12.4 Å². The summed E-state index contributed by atoms with van der Waals surface area (Å²) in [7, 11) is -3.56. The molecule has 0 unspecified atom stereocenters. The first-order valence-corrected chi connectivity index (χ1v) is 5.52. The highest BCUT2D eigenvalue weighted by molar-refractivity contribution is 7.89. The Hall–Kier alpha value is -1.05. The van der Waals surface area contributed by atoms with Crippen LogP contribution >= 0.6 is 0 Å². The topological polar surface area (TPSA) is 98.0 Å². The van der Waals surface area contributed by atoms with E-state index in [0.717, 1.165) is 5.56 Å². The highest BCUT2D eigenvalue weighted by Gasteiger charge is 2.23. The van der Waals surface area contributed by atoms with E-state index in [9.17, 15) is 8.42 Å². The quantitative estimate of drug-likeness (QED) is 0.531. The van der Waals surface area contributed by atoms with E-state index in [4.69, 9.17) is 5.84 Å². The van der Waals surface area contributed by atoms with Crippen LogP contribution < -0.4 is 10.7 Å². The fourth-order valence-electron chi connectivity index (χ4n) is 0.853. The van der Waals surface area contributed by atoms with Gasteiger partial charge in [-0.3, -0.25) is 5.84 Å². The number of rotatable bonds is 3. The van der Waals surface area contributed by atoms with E-state index < -0.39 is 15.3 Å². The molecule has 1 atom stereocenters. The Kier molecular flexibility index (Phi) is 3.14. The van der Waals surface area contributed by atoms with E-state index in [-0.39, 0.29) is 5.82 Å². The standard InChI is InChI=1S/C7H12N4O2S/c1-5-3-9-7(10-4-5)6(2)14(12,13)11-8/h3-4,6,11H,8H2,1-2H3/t6-/m1/s1. The molecule has 0 aromatic carbocycles. The summed E-state index contributed by atoms with van der Waals surface area (Å²) < 4.78 is 22.5. The van der Waals surface area contributed by atoms with Crippen LogP contribution in [-0.2, 0) is 10.0 Å². The van der Waals surface area contributed by atoms with Crippen molar-refractivity contribution in [2.24, 2.45) is 5.84 Å². The first kappa shape index (κ1) is 11.0. The van der Waals surface area contributed by atoms with E-state index in [1.165, 1.54) is 6.92 Å². The van der Waals surface area contributed by atoms with Gasteiger partial charge in [0.2, 0.25) is 10.0 Å². The van der Waals surface area contributed by atoms with Crippen LogP contribution in [0.4, 0.5) is 0 Å². The van der Waals surface area contributed by atoms with E-state index in [0.29, 0.717) is 0 Å². The van der Waals surface area contributed by atoms with Gasteiger partial charge in [-0.1, -0.05) is 0 Å². The van der Waals surface area contributed by atoms with Crippen LogP contribution in [0.2, 0.25) is 0 Å². The molecule has 3 N–H and O–H groups in total. The minimum Gasteiger partial charge on any atom is -0.258 e. The highest BCUT2D eigenvalue weighted by Crippen LogP contribution is 2.15. The molecule has 14 heavy (non-hydrogen) atoms. The molecule has 0 aliphatic carbocycles. The molecule has 78 valence electrons. The normalized spacial score (nSPS) is 13.9. The summed E-state index contributed by atoms with van der Waals surface area (Å²) in [5.41, 5.74) is 0.874. The van der Waals surface area contributed by atoms with Gasteiger partial charge in [0.15, 0.2) is 0 Å². The average molecular weight is 216 g/mol. The minimum absolute atomic E-state index is 0.230. The van der Waals surface area contributed by atoms with Crippen molar-refractivity contribution in [3.8, 4) is 0 Å². The zero-order valence-corrected chi connectivity index (χ0v) is 8.75. The molecule has 0 amide bonds. The smallest absolute Gasteiger partial charge is 0.234 e. The molecule has 1 aromatic rings. The van der Waals surface area contributed by atoms with Crippen molar-refractivity contribution in [1.82, 2.24) is 14.8 Å². The summed E-state index contributed by atoms with van der Waals surface area (Å²) in [6.07, 6.45) is 3.12. The Morgan fingerprint density at radius 2 is 1.93 bits per heavy atom. The van der Waals surface area contributed by atoms with E-state index in [1.807, 2.05) is 6.92 Å². The van der Waals surface area contributed by atoms with Crippen LogP contribution in [0.1, 0.15) is 23.6 Å². The third-order valence-corrected chi connectivity index (χ3v) is 3.26. The molecule has 1 rings (SSSR count). The number of nitrogens with two attached hydrogens (primary N) is 1. The van der Waals surface area contributed by atoms with Crippen LogP contribution in [-0.4, -0.2) is 18.4 Å². The number of aryl methyl sites for hydroxylation is 1. The molecule has 1 aromatic heterocycles. The van der Waals surface area contributed by atoms with Gasteiger partial charge in [0.1, 0.15) is 11.1 Å². The Labute approximate surface area is 82.6 Å². The lowest BCUT2D eigenvalue weighted by molar-refractivity contribution is 0.570. The first-order chi connectivity index (χ1) is 6.47. The third-order valence-electron chi connectivity index (χ3n) is 1.79. The lowest BCUT2D eigenvalue weighted by Crippen LogP contribution is -2.34. The second kappa shape index (κ2) is 3.99. The molecule has 0 saturated heterocycles. The van der Waals surface area contributed by atoms with Gasteiger partial charge >= 0.3 is 0 Å². The molecule has 6 nitrogen and oxygen atoms in total. The van der Waals surface area contributed by atoms with Crippen LogP contribution in [0.25, 0.3) is 0 Å². The van der Waals surface area contributed by atoms with Crippen molar-refractivity contribution < 1.29 is 8.42 Å². The first-order valence-electron chi connectivity index (χ1n) is 3.97. The van der Waals surface area contributed by atoms with Crippen molar-refractivity contribution >= 4 is 10.0 Å². The lowest BCUT2D eigenvalue weighted by Gasteiger charge is -2.09. The molecule has 0 fully saturated rings. The zero-order valence-electron chi connectivity index (χ0n) is 7.93. The third kappa shape index (κ3) is 2.25. The molecular weight excluding hydrogens is 204 g/mol. The van der Waals surface area contributed by atoms with E-state index in [2.05, 4.69) is 9.97 Å². The number of hydrogen-bond acceptors (Lipinski definition) is 5. The molecular formula is C7H12N4O2S. The largest absolute Gasteiger partial charge is 0.258 e. The Bertz CT molecular complexity index is 400. The maximum absolute atomic E-state index is 11.3. The second-order valence-electron chi connectivity index (χ2n) is 2.92. The molecule has 0 bridgehead atoms. The van der Waals surface area contributed by atoms with Crippen molar-refractivity contribution in [3.63, 3.8) is 0 Å². The Morgan fingerprint density at radius 1 is 1.43 bits per heavy atom. The van der Waals surface area contributed by atoms with Gasteiger partial charge in [0.05, 0.1) is 0 Å². The number of hydrazine groups is 1. The highest BCUT2D eigenvalue weighted by atomic mass is 32.2. The summed E-state index contributed by atoms with van der Waals surface area (Å²) in [5, 5.41) is -0.854. The van der Waals surface area contributed by atoms with Crippen LogP contribution in [0.5, 0.6) is 0 Å². The van der Waals surface area contributed by atoms with Gasteiger partial charge in [-0.25, -0.2) is 18.4 Å². The predicted molar refractivity (Wildman–Crippen MR) is 51.4 cm³/mol. The SMILES string of the molecule is Cc1cnc([C@@H](C)S(=O)(=O)NN)nc1. The van der Waals surface area contributed by atoms with E-state index >= 15 is 0 Å². The van der Waals surface area contributed by atoms with E-state index in [1.54, 1.807) is 17.2 Å². The number of nitrogens with zero attached hydrogens (tertiary/aromatic N) is 2. The van der Waals surface area contributed by atoms with Gasteiger partial charge in [0, 0.05) is 12.4 Å². The molecule has 0 aliphatic rings. The number of sulfonamides is 1. The lowest BCUT2D eigenvalue weighted by atomic mass is 10.4. The maximum atomic E-state index is 11.3. The Morgan fingerprint density at radius 3 is 2.36 bits per heavy atom. The Balaban J connectivity index is 3.01.